The topological polar surface area (TPSA) is 217 Å². The van der Waals surface area contributed by atoms with Crippen molar-refractivity contribution in [1.29, 1.82) is 5.41 Å². The van der Waals surface area contributed by atoms with E-state index in [1.54, 1.807) is 0 Å². The fraction of sp³-hybridized carbons (Fsp3) is 0.0833. The van der Waals surface area contributed by atoms with Gasteiger partial charge in [-0.05, 0) is 29.3 Å². The van der Waals surface area contributed by atoms with Crippen LogP contribution in [0, 0.1) is 21.3 Å². The molecule has 7 N–H and O–H groups in total. The van der Waals surface area contributed by atoms with Crippen molar-refractivity contribution in [3.8, 4) is 28.3 Å². The second-order valence-electron chi connectivity index (χ2n) is 8.11. The van der Waals surface area contributed by atoms with E-state index in [-0.39, 0.29) is 50.4 Å². The van der Waals surface area contributed by atoms with E-state index in [1.807, 2.05) is 0 Å². The van der Waals surface area contributed by atoms with Gasteiger partial charge in [-0.1, -0.05) is 12.1 Å². The van der Waals surface area contributed by atoms with Gasteiger partial charge in [0.2, 0.25) is 0 Å². The molecule has 0 bridgehead atoms. The number of non-ortho nitro benzene ring substituents is 1. The molecule has 1 atom stereocenters. The summed E-state index contributed by atoms with van der Waals surface area (Å²) in [6.45, 7) is 0. The number of aromatic hydroxyl groups is 1. The average Bonchev–Trinajstić information content (AvgIpc) is 3.24. The summed E-state index contributed by atoms with van der Waals surface area (Å²) in [5.41, 5.74) is 5.35. The van der Waals surface area contributed by atoms with Crippen LogP contribution >= 0.6 is 0 Å². The Kier molecular flexibility index (Phi) is 6.28. The molecule has 4 rings (SSSR count). The van der Waals surface area contributed by atoms with Crippen LogP contribution in [0.15, 0.2) is 48.5 Å². The summed E-state index contributed by atoms with van der Waals surface area (Å²) in [6, 6.07) is 9.98. The predicted molar refractivity (Wildman–Crippen MR) is 129 cm³/mol. The smallest absolute Gasteiger partial charge is 0.311 e. The van der Waals surface area contributed by atoms with Crippen LogP contribution in [0.4, 0.5) is 10.1 Å². The van der Waals surface area contributed by atoms with Crippen molar-refractivity contribution in [2.24, 2.45) is 5.73 Å². The number of amidine groups is 1. The lowest BCUT2D eigenvalue weighted by Gasteiger charge is -2.16. The highest BCUT2D eigenvalue weighted by Gasteiger charge is 2.27. The van der Waals surface area contributed by atoms with Crippen LogP contribution in [0.3, 0.4) is 0 Å². The number of aliphatic carboxylic acids is 2. The Morgan fingerprint density at radius 2 is 1.86 bits per heavy atom. The summed E-state index contributed by atoms with van der Waals surface area (Å²) in [7, 11) is 0. The number of nitrogens with two attached hydrogens (primary N) is 1. The van der Waals surface area contributed by atoms with Crippen LogP contribution in [0.1, 0.15) is 23.5 Å². The minimum atomic E-state index is -1.53. The summed E-state index contributed by atoms with van der Waals surface area (Å²) in [4.78, 5) is 41.0. The molecule has 0 aliphatic rings. The summed E-state index contributed by atoms with van der Waals surface area (Å²) in [5, 5.41) is 48.9. The molecule has 0 saturated heterocycles. The summed E-state index contributed by atoms with van der Waals surface area (Å²) < 4.78 is 14.3. The third kappa shape index (κ3) is 4.77. The van der Waals surface area contributed by atoms with E-state index in [0.717, 1.165) is 6.07 Å². The van der Waals surface area contributed by atoms with Crippen molar-refractivity contribution in [3.05, 3.63) is 75.6 Å². The molecule has 0 fully saturated rings. The molecule has 12 nitrogen and oxygen atoms in total. The first kappa shape index (κ1) is 24.8. The Bertz CT molecular complexity index is 1610. The lowest BCUT2D eigenvalue weighted by molar-refractivity contribution is -0.384. The van der Waals surface area contributed by atoms with Gasteiger partial charge in [-0.3, -0.25) is 25.1 Å². The number of nitro benzene ring substituents is 1. The van der Waals surface area contributed by atoms with Gasteiger partial charge in [0.05, 0.1) is 39.4 Å². The second kappa shape index (κ2) is 9.37. The molecule has 1 aromatic heterocycles. The molecule has 13 heteroatoms. The second-order valence-corrected chi connectivity index (χ2v) is 8.11. The minimum absolute atomic E-state index is 0.0103. The zero-order valence-corrected chi connectivity index (χ0v) is 18.7. The number of aromatic nitrogens is 2. The Morgan fingerprint density at radius 3 is 2.49 bits per heavy atom. The third-order valence-corrected chi connectivity index (χ3v) is 5.70. The molecule has 0 radical (unpaired) electrons. The monoisotopic (exact) mass is 507 g/mol. The number of H-pyrrole nitrogens is 1. The van der Waals surface area contributed by atoms with E-state index in [1.165, 1.54) is 42.5 Å². The quantitative estimate of drug-likeness (QED) is 0.0887. The molecule has 1 unspecified atom stereocenters. The molecule has 188 valence electrons. The number of benzene rings is 3. The number of phenolic OH excluding ortho intramolecular Hbond substituents is 1. The number of carboxylic acid groups (broad SMARTS) is 2. The number of nitrogens with one attached hydrogen (secondary N) is 2. The van der Waals surface area contributed by atoms with Crippen molar-refractivity contribution in [1.82, 2.24) is 9.97 Å². The molecule has 0 spiro atoms. The largest absolute Gasteiger partial charge is 0.507 e. The fourth-order valence-electron chi connectivity index (χ4n) is 3.93. The number of halogens is 1. The lowest BCUT2D eigenvalue weighted by Crippen LogP contribution is -2.16. The van der Waals surface area contributed by atoms with E-state index in [2.05, 4.69) is 9.97 Å². The maximum Gasteiger partial charge on any atom is 0.311 e. The van der Waals surface area contributed by atoms with E-state index in [4.69, 9.17) is 11.1 Å². The normalized spacial score (nSPS) is 11.8. The number of carbonyl (C=O) groups is 2. The SMILES string of the molecule is N=C(N)c1cc2nc(-c3cc(C(CC(=O)O)C(=O)O)cc(-c4cccc([N+](=O)[O-])c4)c3O)[nH]c2cc1F. The number of aromatic amines is 1. The van der Waals surface area contributed by atoms with Crippen molar-refractivity contribution in [3.63, 3.8) is 0 Å². The molecule has 0 aliphatic carbocycles. The first-order valence-corrected chi connectivity index (χ1v) is 10.6. The Hall–Kier alpha value is -5.33. The van der Waals surface area contributed by atoms with Crippen LogP contribution in [0.25, 0.3) is 33.5 Å². The fourth-order valence-corrected chi connectivity index (χ4v) is 3.93. The van der Waals surface area contributed by atoms with E-state index in [9.17, 15) is 39.4 Å². The maximum absolute atomic E-state index is 14.3. The van der Waals surface area contributed by atoms with Crippen LogP contribution in [-0.4, -0.2) is 48.0 Å². The number of phenols is 1. The van der Waals surface area contributed by atoms with Gasteiger partial charge in [0, 0.05) is 23.8 Å². The highest BCUT2D eigenvalue weighted by atomic mass is 19.1. The first-order chi connectivity index (χ1) is 17.5. The molecule has 3 aromatic carbocycles. The van der Waals surface area contributed by atoms with Crippen LogP contribution < -0.4 is 5.73 Å². The highest BCUT2D eigenvalue weighted by molar-refractivity contribution is 5.99. The zero-order chi connectivity index (χ0) is 27.0. The molecule has 0 aliphatic heterocycles. The summed E-state index contributed by atoms with van der Waals surface area (Å²) in [5.74, 6) is -6.13. The Labute approximate surface area is 206 Å². The number of fused-ring (bicyclic) bond motifs is 1. The number of nitrogens with zero attached hydrogens (tertiary/aromatic N) is 2. The van der Waals surface area contributed by atoms with Crippen LogP contribution in [0.5, 0.6) is 5.75 Å². The van der Waals surface area contributed by atoms with Gasteiger partial charge < -0.3 is 26.0 Å². The standard InChI is InChI=1S/C24H18FN5O7/c25-17-9-19-18(7-15(17)22(26)27)28-23(29-19)16-6-11(14(24(34)35)8-20(31)32)5-13(21(16)33)10-2-1-3-12(4-10)30(36)37/h1-7,9,14,33H,8H2,(H3,26,27)(H,28,29)(H,31,32)(H,34,35). The Balaban J connectivity index is 1.99. The highest BCUT2D eigenvalue weighted by Crippen LogP contribution is 2.42. The lowest BCUT2D eigenvalue weighted by atomic mass is 9.89. The van der Waals surface area contributed by atoms with Gasteiger partial charge in [0.1, 0.15) is 23.2 Å². The van der Waals surface area contributed by atoms with Crippen molar-refractivity contribution in [2.45, 2.75) is 12.3 Å². The van der Waals surface area contributed by atoms with E-state index < -0.39 is 46.6 Å². The molecule has 37 heavy (non-hydrogen) atoms. The first-order valence-electron chi connectivity index (χ1n) is 10.6. The van der Waals surface area contributed by atoms with Crippen LogP contribution in [-0.2, 0) is 9.59 Å². The number of rotatable bonds is 8. The minimum Gasteiger partial charge on any atom is -0.507 e. The van der Waals surface area contributed by atoms with Gasteiger partial charge in [0.25, 0.3) is 5.69 Å². The number of nitro groups is 1. The molecule has 0 saturated carbocycles. The van der Waals surface area contributed by atoms with Crippen molar-refractivity contribution >= 4 is 34.5 Å². The van der Waals surface area contributed by atoms with Gasteiger partial charge in [0.15, 0.2) is 0 Å². The van der Waals surface area contributed by atoms with Crippen molar-refractivity contribution in [2.75, 3.05) is 0 Å². The van der Waals surface area contributed by atoms with Gasteiger partial charge in [-0.15, -0.1) is 0 Å². The predicted octanol–water partition coefficient (Wildman–Crippen LogP) is 3.58. The molecule has 0 amide bonds. The van der Waals surface area contributed by atoms with E-state index in [0.29, 0.717) is 0 Å². The van der Waals surface area contributed by atoms with E-state index >= 15 is 0 Å². The Morgan fingerprint density at radius 1 is 1.16 bits per heavy atom. The van der Waals surface area contributed by atoms with Gasteiger partial charge >= 0.3 is 11.9 Å². The third-order valence-electron chi connectivity index (χ3n) is 5.70. The summed E-state index contributed by atoms with van der Waals surface area (Å²) >= 11 is 0. The van der Waals surface area contributed by atoms with Gasteiger partial charge in [-0.2, -0.15) is 0 Å². The van der Waals surface area contributed by atoms with Crippen molar-refractivity contribution < 1.29 is 34.2 Å². The number of hydrogen-bond acceptors (Lipinski definition) is 7. The summed E-state index contributed by atoms with van der Waals surface area (Å²) in [6.07, 6.45) is -0.777. The maximum atomic E-state index is 14.3. The number of nitrogen functional groups attached to an aromatic ring is 1. The van der Waals surface area contributed by atoms with Crippen LogP contribution in [0.2, 0.25) is 0 Å². The average molecular weight is 507 g/mol. The number of carboxylic acids is 2. The molecular weight excluding hydrogens is 489 g/mol. The molecule has 4 aromatic rings. The molecule has 1 heterocycles. The molecular formula is C24H18FN5O7. The number of imidazole rings is 1. The van der Waals surface area contributed by atoms with Gasteiger partial charge in [-0.25, -0.2) is 9.37 Å². The zero-order valence-electron chi connectivity index (χ0n) is 18.7. The number of hydrogen-bond donors (Lipinski definition) is 6.